The molecule has 4 aromatic rings. The Morgan fingerprint density at radius 1 is 0.667 bits per heavy atom. The van der Waals surface area contributed by atoms with Gasteiger partial charge in [0.05, 0.1) is 12.7 Å². The van der Waals surface area contributed by atoms with E-state index in [2.05, 4.69) is 84.9 Å². The summed E-state index contributed by atoms with van der Waals surface area (Å²) in [6.45, 7) is 2.17. The molecule has 0 atom stereocenters. The summed E-state index contributed by atoms with van der Waals surface area (Å²) in [6, 6.07) is 41.8. The molecule has 0 aliphatic heterocycles. The van der Waals surface area contributed by atoms with E-state index in [4.69, 9.17) is 4.74 Å². The van der Waals surface area contributed by atoms with Gasteiger partial charge in [-0.25, -0.2) is 4.79 Å². The van der Waals surface area contributed by atoms with Crippen molar-refractivity contribution < 1.29 is 9.53 Å². The van der Waals surface area contributed by atoms with E-state index in [1.807, 2.05) is 43.3 Å². The first kappa shape index (κ1) is 24.6. The Labute approximate surface area is 207 Å². The van der Waals surface area contributed by atoms with Crippen LogP contribution in [0.5, 0.6) is 0 Å². The fraction of sp³-hybridized carbons (Fsp3) is 0.0690. The Morgan fingerprint density at radius 3 is 1.39 bits per heavy atom. The van der Waals surface area contributed by atoms with Crippen molar-refractivity contribution in [2.24, 2.45) is 0 Å². The Morgan fingerprint density at radius 2 is 1.03 bits per heavy atom. The topological polar surface area (TPSA) is 26.3 Å². The zero-order valence-electron chi connectivity index (χ0n) is 18.5. The monoisotopic (exact) mass is 517 g/mol. The van der Waals surface area contributed by atoms with Gasteiger partial charge in [0, 0.05) is 5.56 Å². The molecule has 0 saturated heterocycles. The van der Waals surface area contributed by atoms with Gasteiger partial charge in [-0.1, -0.05) is 84.9 Å². The summed E-state index contributed by atoms with van der Waals surface area (Å²) in [7, 11) is -2.40. The van der Waals surface area contributed by atoms with Gasteiger partial charge in [-0.05, 0) is 43.3 Å². The summed E-state index contributed by atoms with van der Waals surface area (Å²) in [6.07, 6.45) is 1.71. The fourth-order valence-corrected chi connectivity index (χ4v) is 8.52. The van der Waals surface area contributed by atoms with Gasteiger partial charge in [-0.15, -0.1) is 17.0 Å². The number of carbonyl (C=O) groups is 1. The van der Waals surface area contributed by atoms with E-state index in [9.17, 15) is 4.79 Å². The summed E-state index contributed by atoms with van der Waals surface area (Å²) in [5.41, 5.74) is 1.02. The van der Waals surface area contributed by atoms with Crippen LogP contribution < -0.4 is 15.9 Å². The highest BCUT2D eigenvalue weighted by Gasteiger charge is 2.50. The molecule has 0 N–H and O–H groups in total. The molecule has 0 saturated carbocycles. The van der Waals surface area contributed by atoms with Crippen molar-refractivity contribution in [1.29, 1.82) is 0 Å². The third kappa shape index (κ3) is 5.16. The smallest absolute Gasteiger partial charge is 0.334 e. The van der Waals surface area contributed by atoms with Crippen LogP contribution >= 0.6 is 24.2 Å². The number of benzene rings is 4. The molecule has 0 bridgehead atoms. The Bertz CT molecular complexity index is 1080. The number of carbonyl (C=O) groups excluding carboxylic acids is 1. The standard InChI is InChI=1S/C29H26O2P.BrH/c1-2-31-29(30)23-28(24-15-7-3-8-16-24)32(25-17-9-4-10-18-25,26-19-11-5-12-20-26)27-21-13-6-14-22-27;/h3-23H,2H2,1H3;1H/q+1;/b28-23+;. The number of hydrogen-bond acceptors (Lipinski definition) is 2. The van der Waals surface area contributed by atoms with Gasteiger partial charge >= 0.3 is 5.97 Å². The van der Waals surface area contributed by atoms with Crippen LogP contribution in [-0.4, -0.2) is 12.6 Å². The molecule has 2 nitrogen and oxygen atoms in total. The molecule has 0 amide bonds. The highest BCUT2D eigenvalue weighted by Crippen LogP contribution is 2.66. The van der Waals surface area contributed by atoms with Crippen molar-refractivity contribution in [2.75, 3.05) is 6.61 Å². The van der Waals surface area contributed by atoms with Gasteiger partial charge in [0.2, 0.25) is 0 Å². The van der Waals surface area contributed by atoms with E-state index in [0.717, 1.165) is 10.9 Å². The van der Waals surface area contributed by atoms with Gasteiger partial charge in [0.25, 0.3) is 0 Å². The minimum atomic E-state index is -2.40. The third-order valence-corrected chi connectivity index (χ3v) is 9.73. The second-order valence-electron chi connectivity index (χ2n) is 7.33. The third-order valence-electron chi connectivity index (χ3n) is 5.40. The molecule has 0 unspecified atom stereocenters. The van der Waals surface area contributed by atoms with E-state index in [1.165, 1.54) is 15.9 Å². The maximum atomic E-state index is 12.9. The molecule has 0 aliphatic rings. The van der Waals surface area contributed by atoms with Crippen LogP contribution in [0.25, 0.3) is 5.31 Å². The lowest BCUT2D eigenvalue weighted by molar-refractivity contribution is -0.137. The number of rotatable bonds is 7. The van der Waals surface area contributed by atoms with Gasteiger partial charge in [-0.3, -0.25) is 0 Å². The van der Waals surface area contributed by atoms with E-state index in [0.29, 0.717) is 6.61 Å². The zero-order valence-corrected chi connectivity index (χ0v) is 21.1. The molecule has 0 fully saturated rings. The molecular weight excluding hydrogens is 491 g/mol. The molecule has 33 heavy (non-hydrogen) atoms. The van der Waals surface area contributed by atoms with E-state index < -0.39 is 7.26 Å². The molecular formula is C29H27BrO2P+. The fourth-order valence-electron chi connectivity index (χ4n) is 4.10. The van der Waals surface area contributed by atoms with Crippen LogP contribution in [-0.2, 0) is 9.53 Å². The van der Waals surface area contributed by atoms with Crippen LogP contribution in [0.1, 0.15) is 12.5 Å². The van der Waals surface area contributed by atoms with Crippen LogP contribution in [0.4, 0.5) is 0 Å². The highest BCUT2D eigenvalue weighted by molar-refractivity contribution is 8.93. The average Bonchev–Trinajstić information content (AvgIpc) is 2.86. The van der Waals surface area contributed by atoms with Crippen molar-refractivity contribution in [2.45, 2.75) is 6.92 Å². The Balaban J connectivity index is 0.00000306. The van der Waals surface area contributed by atoms with Gasteiger partial charge in [0.1, 0.15) is 28.5 Å². The maximum absolute atomic E-state index is 12.9. The molecule has 4 heteroatoms. The van der Waals surface area contributed by atoms with Gasteiger partial charge < -0.3 is 4.74 Å². The van der Waals surface area contributed by atoms with E-state index in [-0.39, 0.29) is 23.0 Å². The van der Waals surface area contributed by atoms with E-state index >= 15 is 0 Å². The number of halogens is 1. The van der Waals surface area contributed by atoms with Crippen molar-refractivity contribution >= 4 is 51.4 Å². The lowest BCUT2D eigenvalue weighted by Crippen LogP contribution is -2.32. The first-order valence-corrected chi connectivity index (χ1v) is 12.6. The van der Waals surface area contributed by atoms with Gasteiger partial charge in [0.15, 0.2) is 0 Å². The minimum Gasteiger partial charge on any atom is -0.463 e. The first-order valence-electron chi connectivity index (χ1n) is 10.8. The van der Waals surface area contributed by atoms with Crippen LogP contribution in [0.2, 0.25) is 0 Å². The second-order valence-corrected chi connectivity index (χ2v) is 10.7. The van der Waals surface area contributed by atoms with Gasteiger partial charge in [-0.2, -0.15) is 0 Å². The SMILES string of the molecule is Br.CCOC(=O)/C=C(\c1ccccc1)[P+](c1ccccc1)(c1ccccc1)c1ccccc1. The van der Waals surface area contributed by atoms with Crippen molar-refractivity contribution in [1.82, 2.24) is 0 Å². The summed E-state index contributed by atoms with van der Waals surface area (Å²) in [5.74, 6) is -0.321. The molecule has 0 aromatic heterocycles. The zero-order chi connectivity index (χ0) is 22.2. The summed E-state index contributed by atoms with van der Waals surface area (Å²) in [4.78, 5) is 12.9. The first-order chi connectivity index (χ1) is 15.8. The minimum absolute atomic E-state index is 0. The molecule has 0 radical (unpaired) electrons. The predicted octanol–water partition coefficient (Wildman–Crippen LogP) is 6.16. The molecule has 0 spiro atoms. The second kappa shape index (κ2) is 11.7. The lowest BCUT2D eigenvalue weighted by Gasteiger charge is -2.29. The number of ether oxygens (including phenoxy) is 1. The molecule has 4 rings (SSSR count). The maximum Gasteiger partial charge on any atom is 0.334 e. The van der Waals surface area contributed by atoms with Crippen LogP contribution in [0.3, 0.4) is 0 Å². The Kier molecular flexibility index (Phi) is 8.77. The summed E-state index contributed by atoms with van der Waals surface area (Å²) < 4.78 is 5.40. The summed E-state index contributed by atoms with van der Waals surface area (Å²) >= 11 is 0. The van der Waals surface area contributed by atoms with Crippen LogP contribution in [0.15, 0.2) is 127 Å². The Hall–Kier alpha value is -3.00. The van der Waals surface area contributed by atoms with Crippen LogP contribution in [0, 0.1) is 0 Å². The van der Waals surface area contributed by atoms with Crippen molar-refractivity contribution in [3.05, 3.63) is 133 Å². The number of hydrogen-bond donors (Lipinski definition) is 0. The highest BCUT2D eigenvalue weighted by atomic mass is 79.9. The normalized spacial score (nSPS) is 11.4. The molecule has 0 heterocycles. The van der Waals surface area contributed by atoms with Crippen molar-refractivity contribution in [3.8, 4) is 0 Å². The molecule has 0 aliphatic carbocycles. The lowest BCUT2D eigenvalue weighted by atomic mass is 10.2. The molecule has 166 valence electrons. The molecule has 4 aromatic carbocycles. The summed E-state index contributed by atoms with van der Waals surface area (Å²) in [5, 5.41) is 4.56. The largest absolute Gasteiger partial charge is 0.463 e. The quantitative estimate of drug-likeness (QED) is 0.166. The average molecular weight is 518 g/mol. The van der Waals surface area contributed by atoms with Crippen molar-refractivity contribution in [3.63, 3.8) is 0 Å². The van der Waals surface area contributed by atoms with E-state index in [1.54, 1.807) is 6.08 Å². The predicted molar refractivity (Wildman–Crippen MR) is 147 cm³/mol. The number of esters is 1.